The van der Waals surface area contributed by atoms with Gasteiger partial charge in [-0.2, -0.15) is 0 Å². The number of benzene rings is 1. The minimum absolute atomic E-state index is 0.149. The molecule has 0 radical (unpaired) electrons. The molecule has 1 aromatic heterocycles. The van der Waals surface area contributed by atoms with Crippen LogP contribution in [0.15, 0.2) is 46.5 Å². The van der Waals surface area contributed by atoms with Crippen LogP contribution >= 0.6 is 35.0 Å². The summed E-state index contributed by atoms with van der Waals surface area (Å²) in [5, 5.41) is 2.17. The fourth-order valence-electron chi connectivity index (χ4n) is 1.74. The number of halogens is 2. The molecule has 106 valence electrons. The fraction of sp³-hybridized carbons (Fsp3) is 0.267. The standard InChI is InChI=1S/C15H16Cl2N2S/c1-2-11(18)8-10-5-6-12(9-14(10)17)20-15-13(16)4-3-7-19-15/h3-7,9,11H,2,8,18H2,1H3. The van der Waals surface area contributed by atoms with E-state index < -0.39 is 0 Å². The van der Waals surface area contributed by atoms with E-state index in [0.29, 0.717) is 5.02 Å². The number of hydrogen-bond acceptors (Lipinski definition) is 3. The van der Waals surface area contributed by atoms with Crippen molar-refractivity contribution >= 4 is 35.0 Å². The molecule has 20 heavy (non-hydrogen) atoms. The highest BCUT2D eigenvalue weighted by molar-refractivity contribution is 7.99. The summed E-state index contributed by atoms with van der Waals surface area (Å²) in [7, 11) is 0. The summed E-state index contributed by atoms with van der Waals surface area (Å²) in [6.45, 7) is 2.08. The number of nitrogens with zero attached hydrogens (tertiary/aromatic N) is 1. The second-order valence-electron chi connectivity index (χ2n) is 4.52. The van der Waals surface area contributed by atoms with E-state index in [1.54, 1.807) is 6.20 Å². The molecule has 0 saturated heterocycles. The van der Waals surface area contributed by atoms with Crippen LogP contribution < -0.4 is 5.73 Å². The number of rotatable bonds is 5. The number of nitrogens with two attached hydrogens (primary N) is 1. The first-order valence-electron chi connectivity index (χ1n) is 6.42. The van der Waals surface area contributed by atoms with E-state index in [9.17, 15) is 0 Å². The molecule has 1 aromatic carbocycles. The van der Waals surface area contributed by atoms with Gasteiger partial charge >= 0.3 is 0 Å². The third-order valence-corrected chi connectivity index (χ3v) is 4.75. The third kappa shape index (κ3) is 4.13. The van der Waals surface area contributed by atoms with E-state index in [0.717, 1.165) is 33.3 Å². The molecular formula is C15H16Cl2N2S. The van der Waals surface area contributed by atoms with E-state index in [4.69, 9.17) is 28.9 Å². The normalized spacial score (nSPS) is 12.4. The molecule has 1 unspecified atom stereocenters. The van der Waals surface area contributed by atoms with Gasteiger partial charge in [-0.15, -0.1) is 0 Å². The van der Waals surface area contributed by atoms with Crippen molar-refractivity contribution in [2.45, 2.75) is 35.7 Å². The lowest BCUT2D eigenvalue weighted by Crippen LogP contribution is -2.21. The van der Waals surface area contributed by atoms with Gasteiger partial charge in [0.25, 0.3) is 0 Å². The van der Waals surface area contributed by atoms with Crippen LogP contribution in [-0.2, 0) is 6.42 Å². The van der Waals surface area contributed by atoms with Crippen molar-refractivity contribution in [1.29, 1.82) is 0 Å². The van der Waals surface area contributed by atoms with E-state index in [1.165, 1.54) is 11.8 Å². The zero-order chi connectivity index (χ0) is 14.5. The van der Waals surface area contributed by atoms with Crippen molar-refractivity contribution in [3.8, 4) is 0 Å². The van der Waals surface area contributed by atoms with Crippen molar-refractivity contribution in [1.82, 2.24) is 4.98 Å². The summed E-state index contributed by atoms with van der Waals surface area (Å²) in [6.07, 6.45) is 3.46. The lowest BCUT2D eigenvalue weighted by Gasteiger charge is -2.11. The molecule has 0 saturated carbocycles. The maximum Gasteiger partial charge on any atom is 0.119 e. The largest absolute Gasteiger partial charge is 0.327 e. The Morgan fingerprint density at radius 3 is 2.70 bits per heavy atom. The number of aromatic nitrogens is 1. The highest BCUT2D eigenvalue weighted by Crippen LogP contribution is 2.33. The maximum atomic E-state index is 6.31. The van der Waals surface area contributed by atoms with Gasteiger partial charge in [0.2, 0.25) is 0 Å². The Balaban J connectivity index is 2.15. The van der Waals surface area contributed by atoms with Crippen molar-refractivity contribution in [3.05, 3.63) is 52.1 Å². The smallest absolute Gasteiger partial charge is 0.119 e. The molecule has 0 spiro atoms. The van der Waals surface area contributed by atoms with Gasteiger partial charge in [0.1, 0.15) is 5.03 Å². The molecule has 1 atom stereocenters. The van der Waals surface area contributed by atoms with Gasteiger partial charge in [-0.05, 0) is 42.7 Å². The van der Waals surface area contributed by atoms with E-state index in [1.807, 2.05) is 30.3 Å². The molecule has 0 amide bonds. The number of pyridine rings is 1. The first-order chi connectivity index (χ1) is 9.60. The van der Waals surface area contributed by atoms with Gasteiger partial charge in [0, 0.05) is 22.2 Å². The summed E-state index contributed by atoms with van der Waals surface area (Å²) >= 11 is 13.9. The van der Waals surface area contributed by atoms with E-state index in [-0.39, 0.29) is 6.04 Å². The molecule has 2 nitrogen and oxygen atoms in total. The summed E-state index contributed by atoms with van der Waals surface area (Å²) < 4.78 is 0. The molecule has 0 aliphatic rings. The molecule has 0 aliphatic carbocycles. The number of hydrogen-bond donors (Lipinski definition) is 1. The Labute approximate surface area is 133 Å². The second-order valence-corrected chi connectivity index (χ2v) is 6.39. The highest BCUT2D eigenvalue weighted by atomic mass is 35.5. The van der Waals surface area contributed by atoms with Gasteiger partial charge in [-0.1, -0.05) is 48.0 Å². The van der Waals surface area contributed by atoms with Gasteiger partial charge in [-0.3, -0.25) is 0 Å². The Morgan fingerprint density at radius 1 is 1.25 bits per heavy atom. The van der Waals surface area contributed by atoms with Crippen molar-refractivity contribution in [3.63, 3.8) is 0 Å². The highest BCUT2D eigenvalue weighted by Gasteiger charge is 2.09. The fourth-order valence-corrected chi connectivity index (χ4v) is 3.12. The van der Waals surface area contributed by atoms with Crippen LogP contribution in [0.2, 0.25) is 10.0 Å². The minimum atomic E-state index is 0.149. The van der Waals surface area contributed by atoms with Gasteiger partial charge < -0.3 is 5.73 Å². The van der Waals surface area contributed by atoms with Crippen LogP contribution in [0.25, 0.3) is 0 Å². The Hall–Kier alpha value is -0.740. The molecule has 2 N–H and O–H groups in total. The van der Waals surface area contributed by atoms with Gasteiger partial charge in [0.15, 0.2) is 0 Å². The average molecular weight is 327 g/mol. The molecule has 2 rings (SSSR count). The van der Waals surface area contributed by atoms with Crippen LogP contribution in [0.1, 0.15) is 18.9 Å². The lowest BCUT2D eigenvalue weighted by molar-refractivity contribution is 0.646. The van der Waals surface area contributed by atoms with Crippen LogP contribution in [0, 0.1) is 0 Å². The SMILES string of the molecule is CCC(N)Cc1ccc(Sc2ncccc2Cl)cc1Cl. The summed E-state index contributed by atoms with van der Waals surface area (Å²) in [6, 6.07) is 9.78. The Morgan fingerprint density at radius 2 is 2.05 bits per heavy atom. The van der Waals surface area contributed by atoms with Crippen LogP contribution in [0.4, 0.5) is 0 Å². The predicted molar refractivity (Wildman–Crippen MR) is 86.8 cm³/mol. The molecule has 0 fully saturated rings. The quantitative estimate of drug-likeness (QED) is 0.856. The predicted octanol–water partition coefficient (Wildman–Crippen LogP) is 4.82. The first-order valence-corrected chi connectivity index (χ1v) is 7.99. The zero-order valence-electron chi connectivity index (χ0n) is 11.1. The van der Waals surface area contributed by atoms with Gasteiger partial charge in [0.05, 0.1) is 5.02 Å². The summed E-state index contributed by atoms with van der Waals surface area (Å²) in [5.41, 5.74) is 7.05. The first kappa shape index (κ1) is 15.6. The summed E-state index contributed by atoms with van der Waals surface area (Å²) in [4.78, 5) is 5.27. The lowest BCUT2D eigenvalue weighted by atomic mass is 10.1. The molecule has 1 heterocycles. The molecule has 5 heteroatoms. The summed E-state index contributed by atoms with van der Waals surface area (Å²) in [5.74, 6) is 0. The van der Waals surface area contributed by atoms with Gasteiger partial charge in [-0.25, -0.2) is 4.98 Å². The molecule has 2 aromatic rings. The van der Waals surface area contributed by atoms with Crippen LogP contribution in [0.3, 0.4) is 0 Å². The third-order valence-electron chi connectivity index (χ3n) is 2.97. The van der Waals surface area contributed by atoms with E-state index in [2.05, 4.69) is 11.9 Å². The van der Waals surface area contributed by atoms with Crippen LogP contribution in [0.5, 0.6) is 0 Å². The van der Waals surface area contributed by atoms with Crippen molar-refractivity contribution in [2.24, 2.45) is 5.73 Å². The minimum Gasteiger partial charge on any atom is -0.327 e. The zero-order valence-corrected chi connectivity index (χ0v) is 13.5. The van der Waals surface area contributed by atoms with Crippen molar-refractivity contribution < 1.29 is 0 Å². The average Bonchev–Trinajstić information content (AvgIpc) is 2.44. The topological polar surface area (TPSA) is 38.9 Å². The Kier molecular flexibility index (Phi) is 5.73. The second kappa shape index (κ2) is 7.32. The maximum absolute atomic E-state index is 6.31. The molecule has 0 aliphatic heterocycles. The van der Waals surface area contributed by atoms with Crippen LogP contribution in [-0.4, -0.2) is 11.0 Å². The van der Waals surface area contributed by atoms with Crippen molar-refractivity contribution in [2.75, 3.05) is 0 Å². The Bertz CT molecular complexity index is 590. The molecule has 0 bridgehead atoms. The molecular weight excluding hydrogens is 311 g/mol. The monoisotopic (exact) mass is 326 g/mol. The van der Waals surface area contributed by atoms with E-state index >= 15 is 0 Å².